The largest absolute Gasteiger partial charge is 0.378 e. The van der Waals surface area contributed by atoms with Crippen molar-refractivity contribution in [2.75, 3.05) is 11.9 Å². The monoisotopic (exact) mass is 453 g/mol. The number of carbonyl (C=O) groups excluding carboxylic acids is 1. The summed E-state index contributed by atoms with van der Waals surface area (Å²) in [6.07, 6.45) is 8.38. The molecule has 32 heavy (non-hydrogen) atoms. The number of anilines is 1. The first-order valence-electron chi connectivity index (χ1n) is 10.2. The van der Waals surface area contributed by atoms with Gasteiger partial charge in [-0.05, 0) is 31.9 Å². The summed E-state index contributed by atoms with van der Waals surface area (Å²) in [5, 5.41) is 16.4. The van der Waals surface area contributed by atoms with Crippen molar-refractivity contribution in [3.8, 4) is 22.0 Å². The number of rotatable bonds is 7. The number of amides is 1. The lowest BCUT2D eigenvalue weighted by Gasteiger charge is -2.34. The minimum Gasteiger partial charge on any atom is -0.378 e. The summed E-state index contributed by atoms with van der Waals surface area (Å²) >= 11 is 1.34. The molecule has 11 heteroatoms. The molecule has 0 aliphatic heterocycles. The van der Waals surface area contributed by atoms with Gasteiger partial charge in [-0.3, -0.25) is 19.6 Å². The molecule has 1 aliphatic carbocycles. The highest BCUT2D eigenvalue weighted by Gasteiger charge is 2.33. The lowest BCUT2D eigenvalue weighted by Crippen LogP contribution is -2.33. The van der Waals surface area contributed by atoms with E-state index in [-0.39, 0.29) is 29.2 Å². The quantitative estimate of drug-likeness (QED) is 0.439. The van der Waals surface area contributed by atoms with Gasteiger partial charge in [0, 0.05) is 36.1 Å². The Morgan fingerprint density at radius 2 is 2.28 bits per heavy atom. The normalized spacial score (nSPS) is 17.8. The molecule has 9 nitrogen and oxygen atoms in total. The van der Waals surface area contributed by atoms with Crippen LogP contribution in [0.1, 0.15) is 36.3 Å². The second-order valence-electron chi connectivity index (χ2n) is 7.39. The molecule has 1 saturated carbocycles. The third-order valence-electron chi connectivity index (χ3n) is 5.29. The molecule has 2 N–H and O–H groups in total. The Labute approximate surface area is 186 Å². The zero-order chi connectivity index (χ0) is 22.1. The molecular formula is C21H20FN7O2S. The van der Waals surface area contributed by atoms with Crippen LogP contribution in [-0.4, -0.2) is 48.6 Å². The van der Waals surface area contributed by atoms with Crippen molar-refractivity contribution < 1.29 is 13.9 Å². The number of hydrogen-bond acceptors (Lipinski definition) is 7. The molecule has 0 aromatic carbocycles. The third kappa shape index (κ3) is 3.92. The van der Waals surface area contributed by atoms with E-state index >= 15 is 0 Å². The molecule has 4 heterocycles. The van der Waals surface area contributed by atoms with E-state index in [1.54, 1.807) is 28.7 Å². The molecule has 164 valence electrons. The topological polar surface area (TPSA) is 111 Å². The number of pyridine rings is 1. The first-order valence-corrected chi connectivity index (χ1v) is 11.1. The summed E-state index contributed by atoms with van der Waals surface area (Å²) in [6, 6.07) is 2.95. The number of aromatic nitrogens is 6. The van der Waals surface area contributed by atoms with E-state index in [0.717, 1.165) is 18.4 Å². The number of ether oxygens (including phenoxy) is 1. The summed E-state index contributed by atoms with van der Waals surface area (Å²) in [4.78, 5) is 21.4. The van der Waals surface area contributed by atoms with Crippen LogP contribution >= 0.6 is 11.3 Å². The molecular weight excluding hydrogens is 433 g/mol. The maximum absolute atomic E-state index is 14.5. The van der Waals surface area contributed by atoms with Crippen molar-refractivity contribution in [1.82, 2.24) is 29.9 Å². The van der Waals surface area contributed by atoms with Crippen LogP contribution in [0.2, 0.25) is 0 Å². The van der Waals surface area contributed by atoms with Crippen molar-refractivity contribution in [3.63, 3.8) is 0 Å². The van der Waals surface area contributed by atoms with E-state index in [1.165, 1.54) is 29.7 Å². The van der Waals surface area contributed by atoms with Crippen LogP contribution in [0.5, 0.6) is 0 Å². The zero-order valence-electron chi connectivity index (χ0n) is 17.2. The first kappa shape index (κ1) is 20.5. The van der Waals surface area contributed by atoms with Crippen LogP contribution in [0, 0.1) is 5.82 Å². The molecule has 1 fully saturated rings. The van der Waals surface area contributed by atoms with Crippen LogP contribution in [0.3, 0.4) is 0 Å². The van der Waals surface area contributed by atoms with Gasteiger partial charge in [-0.25, -0.2) is 9.37 Å². The maximum atomic E-state index is 14.5. The first-order chi connectivity index (χ1) is 15.6. The van der Waals surface area contributed by atoms with Crippen molar-refractivity contribution in [2.45, 2.75) is 31.9 Å². The smallest absolute Gasteiger partial charge is 0.275 e. The van der Waals surface area contributed by atoms with E-state index in [9.17, 15) is 9.18 Å². The Bertz CT molecular complexity index is 1230. The van der Waals surface area contributed by atoms with Gasteiger partial charge < -0.3 is 10.1 Å². The molecule has 0 saturated heterocycles. The Morgan fingerprint density at radius 1 is 1.41 bits per heavy atom. The highest BCUT2D eigenvalue weighted by Crippen LogP contribution is 2.37. The second kappa shape index (κ2) is 8.60. The molecule has 5 rings (SSSR count). The number of hydrogen-bond donors (Lipinski definition) is 2. The molecule has 0 unspecified atom stereocenters. The lowest BCUT2D eigenvalue weighted by atomic mass is 9.89. The van der Waals surface area contributed by atoms with Crippen molar-refractivity contribution >= 4 is 22.9 Å². The molecule has 0 atom stereocenters. The van der Waals surface area contributed by atoms with E-state index in [0.29, 0.717) is 17.3 Å². The number of nitrogens with zero attached hydrogens (tertiary/aromatic N) is 5. The fourth-order valence-corrected chi connectivity index (χ4v) is 4.38. The van der Waals surface area contributed by atoms with Gasteiger partial charge in [-0.15, -0.1) is 11.3 Å². The number of halogens is 1. The molecule has 0 bridgehead atoms. The van der Waals surface area contributed by atoms with Crippen LogP contribution in [0.4, 0.5) is 10.1 Å². The summed E-state index contributed by atoms with van der Waals surface area (Å²) in [6.45, 7) is 2.63. The van der Waals surface area contributed by atoms with Gasteiger partial charge in [0.25, 0.3) is 5.91 Å². The summed E-state index contributed by atoms with van der Waals surface area (Å²) in [5.41, 5.74) is 1.80. The van der Waals surface area contributed by atoms with E-state index in [2.05, 4.69) is 30.6 Å². The highest BCUT2D eigenvalue weighted by atomic mass is 32.1. The predicted octanol–water partition coefficient (Wildman–Crippen LogP) is 3.92. The van der Waals surface area contributed by atoms with E-state index < -0.39 is 11.7 Å². The Hall–Kier alpha value is -3.44. The fourth-order valence-electron chi connectivity index (χ4n) is 3.60. The van der Waals surface area contributed by atoms with Crippen LogP contribution in [0.25, 0.3) is 22.0 Å². The number of H-pyrrole nitrogens is 1. The van der Waals surface area contributed by atoms with Crippen molar-refractivity contribution in [1.29, 1.82) is 0 Å². The van der Waals surface area contributed by atoms with Crippen molar-refractivity contribution in [2.24, 2.45) is 0 Å². The zero-order valence-corrected chi connectivity index (χ0v) is 18.0. The van der Waals surface area contributed by atoms with E-state index in [1.807, 2.05) is 6.92 Å². The summed E-state index contributed by atoms with van der Waals surface area (Å²) in [5.74, 6) is -0.918. The van der Waals surface area contributed by atoms with Crippen LogP contribution in [-0.2, 0) is 4.74 Å². The molecule has 1 aliphatic rings. The Balaban J connectivity index is 1.42. The molecule has 0 radical (unpaired) electrons. The Morgan fingerprint density at radius 3 is 3.03 bits per heavy atom. The van der Waals surface area contributed by atoms with Gasteiger partial charge in [0.2, 0.25) is 0 Å². The SMILES string of the molecule is CCOC1CC(n2cc(NC(=O)c3csc(-c4cn[nH]c4)n3)c(-c3ncccc3F)n2)C1. The predicted molar refractivity (Wildman–Crippen MR) is 117 cm³/mol. The minimum absolute atomic E-state index is 0.0830. The van der Waals surface area contributed by atoms with Gasteiger partial charge in [0.1, 0.15) is 22.1 Å². The van der Waals surface area contributed by atoms with Gasteiger partial charge in [0.15, 0.2) is 5.82 Å². The summed E-state index contributed by atoms with van der Waals surface area (Å²) < 4.78 is 21.9. The third-order valence-corrected chi connectivity index (χ3v) is 6.18. The maximum Gasteiger partial charge on any atom is 0.275 e. The van der Waals surface area contributed by atoms with Crippen molar-refractivity contribution in [3.05, 3.63) is 53.8 Å². The van der Waals surface area contributed by atoms with Gasteiger partial charge in [-0.1, -0.05) is 0 Å². The van der Waals surface area contributed by atoms with E-state index in [4.69, 9.17) is 4.74 Å². The second-order valence-corrected chi connectivity index (χ2v) is 8.24. The van der Waals surface area contributed by atoms with Gasteiger partial charge >= 0.3 is 0 Å². The average molecular weight is 454 g/mol. The Kier molecular flexibility index (Phi) is 5.50. The number of aromatic amines is 1. The van der Waals surface area contributed by atoms with Gasteiger partial charge in [-0.2, -0.15) is 10.2 Å². The molecule has 0 spiro atoms. The van der Waals surface area contributed by atoms with Crippen LogP contribution < -0.4 is 5.32 Å². The molecule has 1 amide bonds. The minimum atomic E-state index is -0.509. The number of nitrogens with one attached hydrogen (secondary N) is 2. The average Bonchev–Trinajstić information content (AvgIpc) is 3.51. The summed E-state index contributed by atoms with van der Waals surface area (Å²) in [7, 11) is 0. The molecule has 4 aromatic heterocycles. The van der Waals surface area contributed by atoms with Crippen LogP contribution in [0.15, 0.2) is 42.3 Å². The number of thiazole rings is 1. The number of carbonyl (C=O) groups is 1. The standard InChI is InChI=1S/C21H20FN7O2S/c1-2-31-14-6-13(7-14)29-10-16(19(28-29)18-15(22)4-3-5-23-18)26-20(30)17-11-32-21(27-17)12-8-24-25-9-12/h3-5,8-11,13-14H,2,6-7H2,1H3,(H,24,25)(H,26,30). The van der Waals surface area contributed by atoms with Gasteiger partial charge in [0.05, 0.1) is 24.0 Å². The lowest BCUT2D eigenvalue weighted by molar-refractivity contribution is -0.0226. The fraction of sp³-hybridized carbons (Fsp3) is 0.286. The highest BCUT2D eigenvalue weighted by molar-refractivity contribution is 7.13. The molecule has 4 aromatic rings.